The minimum atomic E-state index is -0.628. The van der Waals surface area contributed by atoms with E-state index in [0.29, 0.717) is 31.1 Å². The smallest absolute Gasteiger partial charge is 0.290 e. The Hall–Kier alpha value is -2.38. The molecule has 0 aromatic heterocycles. The molecular formula is C19H25N2O5+. The number of benzene rings is 1. The molecule has 3 rings (SSSR count). The number of ketones is 1. The van der Waals surface area contributed by atoms with Crippen molar-refractivity contribution in [2.45, 2.75) is 13.0 Å². The summed E-state index contributed by atoms with van der Waals surface area (Å²) >= 11 is 0. The molecule has 1 atom stereocenters. The zero-order chi connectivity index (χ0) is 18.7. The van der Waals surface area contributed by atoms with E-state index in [1.165, 1.54) is 11.8 Å². The lowest BCUT2D eigenvalue weighted by molar-refractivity contribution is -0.907. The highest BCUT2D eigenvalue weighted by molar-refractivity contribution is 6.08. The molecule has 0 spiro atoms. The van der Waals surface area contributed by atoms with Crippen LogP contribution in [0.1, 0.15) is 18.5 Å². The summed E-state index contributed by atoms with van der Waals surface area (Å²) in [7, 11) is 1.55. The number of Topliss-reactive ketones (excluding diaryl/α,β-unsaturated/α-hetero) is 1. The van der Waals surface area contributed by atoms with Gasteiger partial charge in [0.05, 0.1) is 45.0 Å². The molecular weight excluding hydrogens is 336 g/mol. The summed E-state index contributed by atoms with van der Waals surface area (Å²) in [5.41, 5.74) is 0.839. The van der Waals surface area contributed by atoms with Gasteiger partial charge in [0.15, 0.2) is 11.5 Å². The van der Waals surface area contributed by atoms with E-state index in [-0.39, 0.29) is 11.4 Å². The van der Waals surface area contributed by atoms with Crippen molar-refractivity contribution in [1.29, 1.82) is 0 Å². The number of aliphatic hydroxyl groups excluding tert-OH is 1. The van der Waals surface area contributed by atoms with Gasteiger partial charge in [0.2, 0.25) is 0 Å². The summed E-state index contributed by atoms with van der Waals surface area (Å²) in [5.74, 6) is -0.681. The first-order valence-electron chi connectivity index (χ1n) is 8.83. The van der Waals surface area contributed by atoms with Gasteiger partial charge in [-0.15, -0.1) is 0 Å². The summed E-state index contributed by atoms with van der Waals surface area (Å²) in [4.78, 5) is 27.8. The molecule has 0 bridgehead atoms. The molecule has 1 unspecified atom stereocenters. The molecule has 2 aliphatic heterocycles. The average Bonchev–Trinajstić information content (AvgIpc) is 2.91. The van der Waals surface area contributed by atoms with E-state index in [1.807, 2.05) is 18.2 Å². The Labute approximate surface area is 152 Å². The number of hydrogen-bond donors (Lipinski definition) is 2. The second-order valence-electron chi connectivity index (χ2n) is 6.57. The standard InChI is InChI=1S/C19H24N2O5/c1-13(22)16-17(14-5-3-4-6-15(14)25-2)21(19(24)18(16)23)8-7-20-9-11-26-12-10-20/h3-6,17,23H,7-12H2,1-2H3/p+1. The monoisotopic (exact) mass is 361 g/mol. The second-order valence-corrected chi connectivity index (χ2v) is 6.57. The van der Waals surface area contributed by atoms with Crippen molar-refractivity contribution in [2.24, 2.45) is 0 Å². The van der Waals surface area contributed by atoms with Crippen LogP contribution in [0.25, 0.3) is 0 Å². The predicted molar refractivity (Wildman–Crippen MR) is 94.2 cm³/mol. The van der Waals surface area contributed by atoms with E-state index in [0.717, 1.165) is 19.6 Å². The van der Waals surface area contributed by atoms with Crippen LogP contribution in [-0.4, -0.2) is 68.2 Å². The molecule has 26 heavy (non-hydrogen) atoms. The summed E-state index contributed by atoms with van der Waals surface area (Å²) in [6.45, 7) is 5.75. The van der Waals surface area contributed by atoms with Gasteiger partial charge in [0, 0.05) is 5.56 Å². The molecule has 2 heterocycles. The number of rotatable bonds is 6. The van der Waals surface area contributed by atoms with Gasteiger partial charge in [-0.25, -0.2) is 0 Å². The lowest BCUT2D eigenvalue weighted by Crippen LogP contribution is -3.14. The number of para-hydroxylation sites is 1. The Morgan fingerprint density at radius 3 is 2.69 bits per heavy atom. The third kappa shape index (κ3) is 3.45. The molecule has 7 nitrogen and oxygen atoms in total. The normalized spacial score (nSPS) is 21.4. The van der Waals surface area contributed by atoms with E-state index in [1.54, 1.807) is 18.1 Å². The van der Waals surface area contributed by atoms with Gasteiger partial charge < -0.3 is 24.4 Å². The van der Waals surface area contributed by atoms with Crippen molar-refractivity contribution in [1.82, 2.24) is 4.90 Å². The van der Waals surface area contributed by atoms with Crippen LogP contribution < -0.4 is 9.64 Å². The molecule has 1 saturated heterocycles. The zero-order valence-corrected chi connectivity index (χ0v) is 15.2. The highest BCUT2D eigenvalue weighted by atomic mass is 16.5. The molecule has 0 radical (unpaired) electrons. The third-order valence-corrected chi connectivity index (χ3v) is 5.02. The van der Waals surface area contributed by atoms with Crippen LogP contribution >= 0.6 is 0 Å². The van der Waals surface area contributed by atoms with Gasteiger partial charge in [-0.2, -0.15) is 0 Å². The number of hydrogen-bond acceptors (Lipinski definition) is 5. The Morgan fingerprint density at radius 2 is 2.04 bits per heavy atom. The number of ether oxygens (including phenoxy) is 2. The Balaban J connectivity index is 1.91. The van der Waals surface area contributed by atoms with Crippen LogP contribution in [0.3, 0.4) is 0 Å². The number of quaternary nitrogens is 1. The largest absolute Gasteiger partial charge is 0.503 e. The van der Waals surface area contributed by atoms with Gasteiger partial charge >= 0.3 is 0 Å². The van der Waals surface area contributed by atoms with E-state index in [2.05, 4.69) is 0 Å². The predicted octanol–water partition coefficient (Wildman–Crippen LogP) is -0.105. The van der Waals surface area contributed by atoms with Gasteiger partial charge in [-0.1, -0.05) is 18.2 Å². The lowest BCUT2D eigenvalue weighted by atomic mass is 9.96. The van der Waals surface area contributed by atoms with E-state index in [9.17, 15) is 14.7 Å². The maximum atomic E-state index is 12.7. The van der Waals surface area contributed by atoms with Crippen molar-refractivity contribution < 1.29 is 29.1 Å². The fourth-order valence-corrected chi connectivity index (χ4v) is 3.65. The summed E-state index contributed by atoms with van der Waals surface area (Å²) < 4.78 is 10.8. The van der Waals surface area contributed by atoms with Gasteiger partial charge in [0.1, 0.15) is 18.8 Å². The molecule has 1 aromatic rings. The number of carbonyl (C=O) groups excluding carboxylic acids is 2. The van der Waals surface area contributed by atoms with Crippen LogP contribution in [-0.2, 0) is 14.3 Å². The molecule has 1 fully saturated rings. The van der Waals surface area contributed by atoms with E-state index in [4.69, 9.17) is 9.47 Å². The third-order valence-electron chi connectivity index (χ3n) is 5.02. The first-order valence-corrected chi connectivity index (χ1v) is 8.83. The topological polar surface area (TPSA) is 80.5 Å². The number of carbonyl (C=O) groups is 2. The Morgan fingerprint density at radius 1 is 1.35 bits per heavy atom. The van der Waals surface area contributed by atoms with Crippen LogP contribution in [0.15, 0.2) is 35.6 Å². The molecule has 0 saturated carbocycles. The second kappa shape index (κ2) is 7.88. The van der Waals surface area contributed by atoms with Crippen molar-refractivity contribution in [3.8, 4) is 5.75 Å². The highest BCUT2D eigenvalue weighted by Gasteiger charge is 2.43. The summed E-state index contributed by atoms with van der Waals surface area (Å²) in [6, 6.07) is 6.65. The molecule has 2 aliphatic rings. The zero-order valence-electron chi connectivity index (χ0n) is 15.2. The molecule has 1 aromatic carbocycles. The van der Waals surface area contributed by atoms with Gasteiger partial charge in [-0.3, -0.25) is 9.59 Å². The fourth-order valence-electron chi connectivity index (χ4n) is 3.65. The summed E-state index contributed by atoms with van der Waals surface area (Å²) in [6.07, 6.45) is 0. The molecule has 2 N–H and O–H groups in total. The maximum Gasteiger partial charge on any atom is 0.290 e. The number of morpholine rings is 1. The first-order chi connectivity index (χ1) is 12.5. The quantitative estimate of drug-likeness (QED) is 0.739. The van der Waals surface area contributed by atoms with Crippen LogP contribution in [0.2, 0.25) is 0 Å². The lowest BCUT2D eigenvalue weighted by Gasteiger charge is -2.30. The van der Waals surface area contributed by atoms with Gasteiger partial charge in [-0.05, 0) is 13.0 Å². The number of nitrogens with one attached hydrogen (secondary N) is 1. The van der Waals surface area contributed by atoms with Crippen LogP contribution in [0.5, 0.6) is 5.75 Å². The minimum absolute atomic E-state index is 0.136. The fraction of sp³-hybridized carbons (Fsp3) is 0.474. The van der Waals surface area contributed by atoms with Crippen molar-refractivity contribution in [2.75, 3.05) is 46.5 Å². The van der Waals surface area contributed by atoms with Crippen molar-refractivity contribution >= 4 is 11.7 Å². The SMILES string of the molecule is COc1ccccc1C1C(C(C)=O)=C(O)C(=O)N1CC[NH+]1CCOCC1. The Bertz CT molecular complexity index is 724. The van der Waals surface area contributed by atoms with Crippen LogP contribution in [0.4, 0.5) is 0 Å². The molecule has 1 amide bonds. The van der Waals surface area contributed by atoms with Gasteiger partial charge in [0.25, 0.3) is 5.91 Å². The van der Waals surface area contributed by atoms with Crippen molar-refractivity contribution in [3.05, 3.63) is 41.2 Å². The minimum Gasteiger partial charge on any atom is -0.503 e. The number of nitrogens with zero attached hydrogens (tertiary/aromatic N) is 1. The molecule has 7 heteroatoms. The highest BCUT2D eigenvalue weighted by Crippen LogP contribution is 2.40. The number of aliphatic hydroxyl groups is 1. The average molecular weight is 361 g/mol. The molecule has 0 aliphatic carbocycles. The van der Waals surface area contributed by atoms with E-state index < -0.39 is 17.7 Å². The number of methoxy groups -OCH3 is 1. The van der Waals surface area contributed by atoms with Crippen molar-refractivity contribution in [3.63, 3.8) is 0 Å². The molecule has 140 valence electrons. The number of amides is 1. The Kier molecular flexibility index (Phi) is 5.58. The van der Waals surface area contributed by atoms with Crippen LogP contribution in [0, 0.1) is 0 Å². The van der Waals surface area contributed by atoms with E-state index >= 15 is 0 Å². The maximum absolute atomic E-state index is 12.7. The summed E-state index contributed by atoms with van der Waals surface area (Å²) in [5, 5.41) is 10.3. The first kappa shape index (κ1) is 18.4.